The van der Waals surface area contributed by atoms with Gasteiger partial charge in [0.15, 0.2) is 0 Å². The van der Waals surface area contributed by atoms with Crippen LogP contribution in [0.25, 0.3) is 10.4 Å². The Balaban J connectivity index is 3.96. The molecule has 0 bridgehead atoms. The molecule has 0 aromatic rings. The van der Waals surface area contributed by atoms with E-state index in [4.69, 9.17) is 11.3 Å². The van der Waals surface area contributed by atoms with Gasteiger partial charge in [-0.2, -0.15) is 0 Å². The molecule has 0 saturated heterocycles. The Hall–Kier alpha value is -3.18. The van der Waals surface area contributed by atoms with Crippen LogP contribution in [0.1, 0.15) is 32.6 Å². The second-order valence-corrected chi connectivity index (χ2v) is 5.77. The number of azide groups is 1. The highest BCUT2D eigenvalue weighted by Gasteiger charge is 2.15. The van der Waals surface area contributed by atoms with E-state index in [1.54, 1.807) is 0 Å². The van der Waals surface area contributed by atoms with Crippen LogP contribution in [0.4, 0.5) is 0 Å². The maximum absolute atomic E-state index is 11.6. The van der Waals surface area contributed by atoms with Crippen LogP contribution in [-0.4, -0.2) is 61.8 Å². The molecule has 5 amide bonds. The highest BCUT2D eigenvalue weighted by molar-refractivity contribution is 5.96. The summed E-state index contributed by atoms with van der Waals surface area (Å²) in [7, 11) is 0. The van der Waals surface area contributed by atoms with Crippen LogP contribution in [0.15, 0.2) is 5.11 Å². The van der Waals surface area contributed by atoms with Crippen LogP contribution >= 0.6 is 0 Å². The number of hydrogen-bond donors (Lipinski definition) is 5. The van der Waals surface area contributed by atoms with E-state index in [0.29, 0.717) is 25.8 Å². The zero-order valence-electron chi connectivity index (χ0n) is 15.7. The van der Waals surface area contributed by atoms with Gasteiger partial charge >= 0.3 is 0 Å². The van der Waals surface area contributed by atoms with Crippen molar-refractivity contribution in [1.29, 1.82) is 0 Å². The van der Waals surface area contributed by atoms with Crippen molar-refractivity contribution < 1.29 is 24.0 Å². The Morgan fingerprint density at radius 1 is 1.04 bits per heavy atom. The molecule has 1 atom stereocenters. The molecule has 28 heavy (non-hydrogen) atoms. The van der Waals surface area contributed by atoms with E-state index >= 15 is 0 Å². The predicted molar refractivity (Wildman–Crippen MR) is 98.3 cm³/mol. The van der Waals surface area contributed by atoms with Crippen LogP contribution in [0.5, 0.6) is 0 Å². The molecule has 0 aliphatic carbocycles. The zero-order valence-corrected chi connectivity index (χ0v) is 15.7. The molecule has 0 fully saturated rings. The summed E-state index contributed by atoms with van der Waals surface area (Å²) in [6.45, 7) is 1.15. The number of imide groups is 1. The largest absolute Gasteiger partial charge is 0.368 e. The molecule has 0 heterocycles. The summed E-state index contributed by atoms with van der Waals surface area (Å²) >= 11 is 0. The third-order valence-electron chi connectivity index (χ3n) is 3.37. The number of unbranched alkanes of at least 4 members (excludes halogenated alkanes) is 1. The van der Waals surface area contributed by atoms with Crippen LogP contribution in [0.2, 0.25) is 0 Å². The fraction of sp³-hybridized carbons (Fsp3) is 0.667. The molecule has 6 N–H and O–H groups in total. The van der Waals surface area contributed by atoms with Crippen LogP contribution in [-0.2, 0) is 24.0 Å². The second-order valence-electron chi connectivity index (χ2n) is 5.77. The van der Waals surface area contributed by atoms with E-state index in [1.165, 1.54) is 6.92 Å². The van der Waals surface area contributed by atoms with Gasteiger partial charge in [-0.15, -0.1) is 0 Å². The lowest BCUT2D eigenvalue weighted by atomic mass is 10.1. The molecular formula is C15H26N8O5. The molecule has 1 unspecified atom stereocenters. The fourth-order valence-corrected chi connectivity index (χ4v) is 2.07. The van der Waals surface area contributed by atoms with Crippen LogP contribution < -0.4 is 27.0 Å². The minimum atomic E-state index is -0.632. The number of hydrogen-bond acceptors (Lipinski definition) is 7. The van der Waals surface area contributed by atoms with Gasteiger partial charge in [-0.3, -0.25) is 29.3 Å². The van der Waals surface area contributed by atoms with E-state index in [1.807, 2.05) is 5.32 Å². The molecule has 0 aliphatic heterocycles. The summed E-state index contributed by atoms with van der Waals surface area (Å²) in [5, 5.41) is 12.9. The molecule has 13 heteroatoms. The summed E-state index contributed by atoms with van der Waals surface area (Å²) in [4.78, 5) is 58.7. The van der Waals surface area contributed by atoms with E-state index in [2.05, 4.69) is 26.0 Å². The molecule has 0 aromatic carbocycles. The number of primary amides is 1. The number of nitrogens with one attached hydrogen (secondary N) is 4. The number of carbonyl (C=O) groups is 5. The third-order valence-corrected chi connectivity index (χ3v) is 3.37. The molecule has 156 valence electrons. The van der Waals surface area contributed by atoms with Crippen molar-refractivity contribution in [2.45, 2.75) is 38.6 Å². The summed E-state index contributed by atoms with van der Waals surface area (Å²) in [6, 6.07) is -0.632. The summed E-state index contributed by atoms with van der Waals surface area (Å²) in [5.41, 5.74) is 13.4. The Morgan fingerprint density at radius 3 is 2.36 bits per heavy atom. The maximum Gasteiger partial charge on any atom is 0.245 e. The van der Waals surface area contributed by atoms with E-state index < -0.39 is 29.7 Å². The van der Waals surface area contributed by atoms with Crippen molar-refractivity contribution in [2.75, 3.05) is 26.2 Å². The molecule has 0 aromatic heterocycles. The average molecular weight is 398 g/mol. The van der Waals surface area contributed by atoms with Gasteiger partial charge in [0.25, 0.3) is 0 Å². The lowest BCUT2D eigenvalue weighted by Gasteiger charge is -2.15. The van der Waals surface area contributed by atoms with E-state index in [-0.39, 0.29) is 32.0 Å². The molecule has 0 radical (unpaired) electrons. The Morgan fingerprint density at radius 2 is 1.75 bits per heavy atom. The molecule has 0 aliphatic rings. The number of nitrogens with zero attached hydrogens (tertiary/aromatic N) is 3. The summed E-state index contributed by atoms with van der Waals surface area (Å²) in [5.74, 6) is -2.49. The van der Waals surface area contributed by atoms with Gasteiger partial charge in [0, 0.05) is 31.3 Å². The lowest BCUT2D eigenvalue weighted by Crippen LogP contribution is -2.43. The van der Waals surface area contributed by atoms with Crippen molar-refractivity contribution in [1.82, 2.24) is 21.3 Å². The highest BCUT2D eigenvalue weighted by atomic mass is 16.2. The van der Waals surface area contributed by atoms with Crippen molar-refractivity contribution in [2.24, 2.45) is 10.8 Å². The Bertz CT molecular complexity index is 618. The topological polar surface area (TPSA) is 208 Å². The number of carbonyl (C=O) groups excluding carboxylic acids is 5. The summed E-state index contributed by atoms with van der Waals surface area (Å²) in [6.07, 6.45) is 1.63. The minimum absolute atomic E-state index is 0.0204. The standard InChI is InChI=1S/C15H26N8O5/c1-10(24)22-14(27)8-20-12(25)5-7-18-11(15(16)28)4-2-3-6-19-13(26)9-21-23-17/h11,18H,2-9H2,1H3,(H2,16,28)(H,19,26)(H,20,25)(H,22,24,27). The normalized spacial score (nSPS) is 10.9. The van der Waals surface area contributed by atoms with Gasteiger partial charge in [-0.25, -0.2) is 0 Å². The zero-order chi connectivity index (χ0) is 21.4. The molecule has 13 nitrogen and oxygen atoms in total. The van der Waals surface area contributed by atoms with Gasteiger partial charge in [-0.1, -0.05) is 5.11 Å². The van der Waals surface area contributed by atoms with Crippen LogP contribution in [0.3, 0.4) is 0 Å². The van der Waals surface area contributed by atoms with E-state index in [0.717, 1.165) is 0 Å². The van der Waals surface area contributed by atoms with Gasteiger partial charge in [0.1, 0.15) is 6.54 Å². The molecular weight excluding hydrogens is 372 g/mol. The monoisotopic (exact) mass is 398 g/mol. The van der Waals surface area contributed by atoms with Gasteiger partial charge in [-0.05, 0) is 24.8 Å². The lowest BCUT2D eigenvalue weighted by molar-refractivity contribution is -0.131. The summed E-state index contributed by atoms with van der Waals surface area (Å²) < 4.78 is 0. The smallest absolute Gasteiger partial charge is 0.245 e. The first-order valence-electron chi connectivity index (χ1n) is 8.63. The van der Waals surface area contributed by atoms with Crippen molar-refractivity contribution in [3.05, 3.63) is 10.4 Å². The first-order valence-corrected chi connectivity index (χ1v) is 8.63. The Labute approximate surface area is 161 Å². The van der Waals surface area contributed by atoms with Gasteiger partial charge in [0.2, 0.25) is 29.5 Å². The SMILES string of the molecule is CC(=O)NC(=O)CNC(=O)CCNC(CCCCNC(=O)CN=[N+]=[N-])C(N)=O. The van der Waals surface area contributed by atoms with Crippen molar-refractivity contribution in [3.8, 4) is 0 Å². The third kappa shape index (κ3) is 14.0. The molecule has 0 saturated carbocycles. The second kappa shape index (κ2) is 14.9. The van der Waals surface area contributed by atoms with Gasteiger partial charge < -0.3 is 21.7 Å². The van der Waals surface area contributed by atoms with Crippen LogP contribution in [0, 0.1) is 0 Å². The number of amides is 5. The fourth-order valence-electron chi connectivity index (χ4n) is 2.07. The minimum Gasteiger partial charge on any atom is -0.368 e. The highest BCUT2D eigenvalue weighted by Crippen LogP contribution is 2.00. The first-order chi connectivity index (χ1) is 13.3. The van der Waals surface area contributed by atoms with Crippen molar-refractivity contribution >= 4 is 29.5 Å². The molecule has 0 rings (SSSR count). The quantitative estimate of drug-likeness (QED) is 0.0985. The van der Waals surface area contributed by atoms with Crippen molar-refractivity contribution in [3.63, 3.8) is 0 Å². The maximum atomic E-state index is 11.6. The van der Waals surface area contributed by atoms with Gasteiger partial charge in [0.05, 0.1) is 12.6 Å². The van der Waals surface area contributed by atoms with E-state index in [9.17, 15) is 24.0 Å². The first kappa shape index (κ1) is 24.8. The average Bonchev–Trinajstić information content (AvgIpc) is 2.62. The Kier molecular flexibility index (Phi) is 13.2. The number of rotatable bonds is 14. The molecule has 0 spiro atoms. The predicted octanol–water partition coefficient (Wildman–Crippen LogP) is -1.80. The number of nitrogens with two attached hydrogens (primary N) is 1.